The lowest BCUT2D eigenvalue weighted by Gasteiger charge is -2.18. The highest BCUT2D eigenvalue weighted by Gasteiger charge is 2.23. The molecule has 0 fully saturated rings. The summed E-state index contributed by atoms with van der Waals surface area (Å²) in [5.41, 5.74) is 0. The quantitative estimate of drug-likeness (QED) is 0.160. The molecule has 0 saturated carbocycles. The Hall–Kier alpha value is 0.710. The third-order valence-corrected chi connectivity index (χ3v) is 6.27. The van der Waals surface area contributed by atoms with Crippen molar-refractivity contribution in [2.24, 2.45) is 11.8 Å². The van der Waals surface area contributed by atoms with E-state index in [0.717, 1.165) is 18.1 Å². The van der Waals surface area contributed by atoms with E-state index in [4.69, 9.17) is 0 Å². The highest BCUT2D eigenvalue weighted by Crippen LogP contribution is 2.10. The van der Waals surface area contributed by atoms with Gasteiger partial charge in [0.25, 0.3) is 0 Å². The molecule has 0 bridgehead atoms. The molecule has 0 aliphatic heterocycles. The first-order valence-corrected chi connectivity index (χ1v) is 12.1. The Bertz CT molecular complexity index is 404. The first-order valence-electron chi connectivity index (χ1n) is 9.55. The van der Waals surface area contributed by atoms with Crippen LogP contribution in [0.5, 0.6) is 0 Å². The van der Waals surface area contributed by atoms with E-state index < -0.39 is 0 Å². The van der Waals surface area contributed by atoms with Crippen LogP contribution in [-0.2, 0) is 9.59 Å². The molecule has 0 unspecified atom stereocenters. The molecule has 0 aromatic heterocycles. The van der Waals surface area contributed by atoms with Gasteiger partial charge in [-0.15, -0.1) is 12.4 Å². The summed E-state index contributed by atoms with van der Waals surface area (Å²) in [5.74, 6) is 2.85. The molecule has 29 heavy (non-hydrogen) atoms. The van der Waals surface area contributed by atoms with Crippen molar-refractivity contribution in [2.75, 3.05) is 57.7 Å². The minimum atomic E-state index is -0.360. The van der Waals surface area contributed by atoms with Crippen LogP contribution in [0.4, 0.5) is 0 Å². The molecule has 0 aromatic carbocycles. The van der Waals surface area contributed by atoms with Gasteiger partial charge >= 0.3 is 0 Å². The molecule has 0 aliphatic carbocycles. The fourth-order valence-electron chi connectivity index (χ4n) is 2.49. The second-order valence-electron chi connectivity index (χ2n) is 6.54. The number of ketones is 1. The number of thiol groups is 4. The Labute approximate surface area is 205 Å². The monoisotopic (exact) mass is 508 g/mol. The Morgan fingerprint density at radius 2 is 1.45 bits per heavy atom. The summed E-state index contributed by atoms with van der Waals surface area (Å²) in [5, 5.41) is 11.8. The number of carbonyl (C=O) groups excluding carboxylic acids is 2. The molecule has 0 saturated heterocycles. The van der Waals surface area contributed by atoms with Crippen molar-refractivity contribution in [1.82, 2.24) is 21.3 Å². The smallest absolute Gasteiger partial charge is 0.224 e. The Morgan fingerprint density at radius 3 is 1.79 bits per heavy atom. The van der Waals surface area contributed by atoms with Crippen molar-refractivity contribution in [3.8, 4) is 0 Å². The number of amides is 1. The second kappa shape index (κ2) is 23.4. The molecular weight excluding hydrogens is 468 g/mol. The minimum Gasteiger partial charge on any atom is -0.359 e. The number of hydrogen-bond donors (Lipinski definition) is 8. The van der Waals surface area contributed by atoms with Crippen molar-refractivity contribution >= 4 is 74.6 Å². The maximum Gasteiger partial charge on any atom is 0.224 e. The number of likely N-dealkylation sites (N-methyl/N-ethyl adjacent to an activating group) is 1. The maximum absolute atomic E-state index is 11.7. The van der Waals surface area contributed by atoms with Crippen LogP contribution in [0.15, 0.2) is 0 Å². The van der Waals surface area contributed by atoms with Crippen LogP contribution in [0.3, 0.4) is 0 Å². The third kappa shape index (κ3) is 17.0. The van der Waals surface area contributed by atoms with Crippen LogP contribution in [0, 0.1) is 11.8 Å². The molecule has 176 valence electrons. The highest BCUT2D eigenvalue weighted by molar-refractivity contribution is 7.80. The van der Waals surface area contributed by atoms with Gasteiger partial charge in [-0.3, -0.25) is 9.59 Å². The van der Waals surface area contributed by atoms with Gasteiger partial charge < -0.3 is 21.3 Å². The maximum atomic E-state index is 11.7. The van der Waals surface area contributed by atoms with Crippen molar-refractivity contribution in [2.45, 2.75) is 31.3 Å². The van der Waals surface area contributed by atoms with Crippen LogP contribution in [0.1, 0.15) is 19.3 Å². The van der Waals surface area contributed by atoms with E-state index in [2.05, 4.69) is 71.8 Å². The van der Waals surface area contributed by atoms with Gasteiger partial charge in [0.05, 0.1) is 12.0 Å². The normalized spacial score (nSPS) is 14.5. The van der Waals surface area contributed by atoms with Crippen LogP contribution in [0.25, 0.3) is 0 Å². The fourth-order valence-corrected chi connectivity index (χ4v) is 3.85. The molecule has 0 spiro atoms. The molecule has 0 aliphatic rings. The SMILES string of the molecule is CNC(=O)[C@H](CS)CC(=O)[C@H](CS)NC.CNC[C@H](CS)CC[C@H](CS)NC.Cl. The molecule has 1 amide bonds. The van der Waals surface area contributed by atoms with Crippen LogP contribution >= 0.6 is 62.9 Å². The standard InChI is InChI=1S/C9H18N2O2S2.C9H22N2S2.ClH/c1-10-7(5-15)8(12)3-6(4-14)9(13)11-2;1-10-5-8(6-12)3-4-9(7-13)11-2;/h6-7,10,14-15H,3-5H2,1-2H3,(H,11,13);8-13H,3-7H2,1-2H3;1H/t6-,7-;8-,9-;/m01./s1. The summed E-state index contributed by atoms with van der Waals surface area (Å²) < 4.78 is 0. The molecule has 11 heteroatoms. The van der Waals surface area contributed by atoms with Crippen LogP contribution in [-0.4, -0.2) is 81.5 Å². The van der Waals surface area contributed by atoms with Crippen molar-refractivity contribution in [3.63, 3.8) is 0 Å². The highest BCUT2D eigenvalue weighted by atomic mass is 35.5. The number of Topliss-reactive ketones (excluding diaryl/α,β-unsaturated/α-hetero) is 1. The topological polar surface area (TPSA) is 82.3 Å². The van der Waals surface area contributed by atoms with Crippen molar-refractivity contribution in [3.05, 3.63) is 0 Å². The fraction of sp³-hybridized carbons (Fsp3) is 0.889. The predicted octanol–water partition coefficient (Wildman–Crippen LogP) is 1.23. The van der Waals surface area contributed by atoms with E-state index in [1.165, 1.54) is 12.8 Å². The average molecular weight is 509 g/mol. The molecule has 4 atom stereocenters. The molecule has 6 nitrogen and oxygen atoms in total. The van der Waals surface area contributed by atoms with Gasteiger partial charge in [0.1, 0.15) is 0 Å². The second-order valence-corrected chi connectivity index (χ2v) is 8.00. The Morgan fingerprint density at radius 1 is 0.828 bits per heavy atom. The summed E-state index contributed by atoms with van der Waals surface area (Å²) in [7, 11) is 7.24. The first kappa shape index (κ1) is 34.3. The summed E-state index contributed by atoms with van der Waals surface area (Å²) in [6, 6.07) is 0.253. The third-order valence-electron chi connectivity index (χ3n) is 4.51. The zero-order valence-corrected chi connectivity index (χ0v) is 22.4. The zero-order chi connectivity index (χ0) is 21.9. The molecule has 0 heterocycles. The Kier molecular flexibility index (Phi) is 27.7. The van der Waals surface area contributed by atoms with E-state index in [1.807, 2.05) is 14.1 Å². The lowest BCUT2D eigenvalue weighted by Crippen LogP contribution is -2.39. The largest absolute Gasteiger partial charge is 0.359 e. The average Bonchev–Trinajstić information content (AvgIpc) is 2.72. The summed E-state index contributed by atoms with van der Waals surface area (Å²) >= 11 is 16.7. The summed E-state index contributed by atoms with van der Waals surface area (Å²) in [6.07, 6.45) is 2.61. The lowest BCUT2D eigenvalue weighted by atomic mass is 10.00. The Balaban J connectivity index is -0.000000455. The van der Waals surface area contributed by atoms with E-state index in [0.29, 0.717) is 23.5 Å². The van der Waals surface area contributed by atoms with Gasteiger partial charge in [-0.25, -0.2) is 0 Å². The van der Waals surface area contributed by atoms with E-state index in [1.54, 1.807) is 14.1 Å². The number of hydrogen-bond acceptors (Lipinski definition) is 9. The van der Waals surface area contributed by atoms with E-state index in [-0.39, 0.29) is 42.5 Å². The van der Waals surface area contributed by atoms with Crippen molar-refractivity contribution < 1.29 is 9.59 Å². The number of rotatable bonds is 15. The molecule has 0 aromatic rings. The number of halogens is 1. The van der Waals surface area contributed by atoms with E-state index >= 15 is 0 Å². The van der Waals surface area contributed by atoms with Gasteiger partial charge in [-0.2, -0.15) is 50.5 Å². The van der Waals surface area contributed by atoms with Gasteiger partial charge in [-0.05, 0) is 52.2 Å². The molecule has 0 radical (unpaired) electrons. The van der Waals surface area contributed by atoms with Gasteiger partial charge in [0.2, 0.25) is 5.91 Å². The van der Waals surface area contributed by atoms with Gasteiger partial charge in [0, 0.05) is 36.8 Å². The molecular formula is C18H41ClN4O2S4. The zero-order valence-electron chi connectivity index (χ0n) is 18.0. The van der Waals surface area contributed by atoms with Crippen LogP contribution in [0.2, 0.25) is 0 Å². The molecule has 0 rings (SSSR count). The summed E-state index contributed by atoms with van der Waals surface area (Å²) in [6.45, 7) is 1.06. The number of carbonyl (C=O) groups is 2. The number of nitrogens with one attached hydrogen (secondary N) is 4. The lowest BCUT2D eigenvalue weighted by molar-refractivity contribution is -0.128. The first-order chi connectivity index (χ1) is 13.4. The predicted molar refractivity (Wildman–Crippen MR) is 142 cm³/mol. The summed E-state index contributed by atoms with van der Waals surface area (Å²) in [4.78, 5) is 23.0. The van der Waals surface area contributed by atoms with Gasteiger partial charge in [0.15, 0.2) is 5.78 Å². The molecule has 4 N–H and O–H groups in total. The van der Waals surface area contributed by atoms with Gasteiger partial charge in [-0.1, -0.05) is 0 Å². The van der Waals surface area contributed by atoms with E-state index in [9.17, 15) is 9.59 Å². The van der Waals surface area contributed by atoms with Crippen LogP contribution < -0.4 is 21.3 Å². The van der Waals surface area contributed by atoms with Crippen molar-refractivity contribution in [1.29, 1.82) is 0 Å². The minimum absolute atomic E-state index is 0.